The van der Waals surface area contributed by atoms with Gasteiger partial charge in [0.25, 0.3) is 5.91 Å². The number of likely N-dealkylation sites (tertiary alicyclic amines) is 2. The van der Waals surface area contributed by atoms with Gasteiger partial charge < -0.3 is 19.1 Å². The predicted octanol–water partition coefficient (Wildman–Crippen LogP) is 1.16. The van der Waals surface area contributed by atoms with Crippen LogP contribution < -0.4 is 0 Å². The molecule has 1 aromatic rings. The number of hydrogen-bond donors (Lipinski definition) is 0. The molecule has 0 saturated carbocycles. The number of carbonyl (C=O) groups excluding carboxylic acids is 2. The molecule has 0 spiro atoms. The van der Waals surface area contributed by atoms with Gasteiger partial charge in [-0.3, -0.25) is 14.5 Å². The third-order valence-electron chi connectivity index (χ3n) is 6.23. The highest BCUT2D eigenvalue weighted by molar-refractivity contribution is 5.91. The van der Waals surface area contributed by atoms with Gasteiger partial charge in [-0.15, -0.1) is 0 Å². The van der Waals surface area contributed by atoms with Gasteiger partial charge in [0.15, 0.2) is 0 Å². The Hall–Kier alpha value is -1.93. The van der Waals surface area contributed by atoms with E-state index in [1.807, 2.05) is 16.7 Å². The van der Waals surface area contributed by atoms with E-state index >= 15 is 0 Å². The maximum absolute atomic E-state index is 12.9. The number of aryl methyl sites for hydroxylation is 1. The van der Waals surface area contributed by atoms with Crippen LogP contribution >= 0.6 is 0 Å². The summed E-state index contributed by atoms with van der Waals surface area (Å²) in [7, 11) is 0. The first-order chi connectivity index (χ1) is 13.6. The molecule has 8 heteroatoms. The average Bonchev–Trinajstić information content (AvgIpc) is 3.20. The van der Waals surface area contributed by atoms with Crippen LogP contribution in [0, 0.1) is 12.8 Å². The summed E-state index contributed by atoms with van der Waals surface area (Å²) in [6.45, 7) is 7.90. The Labute approximate surface area is 165 Å². The fourth-order valence-corrected chi connectivity index (χ4v) is 4.64. The van der Waals surface area contributed by atoms with Crippen molar-refractivity contribution in [2.75, 3.05) is 52.5 Å². The van der Waals surface area contributed by atoms with E-state index in [1.165, 1.54) is 0 Å². The highest BCUT2D eigenvalue weighted by Gasteiger charge is 2.35. The molecular formula is C20H30N4O4. The second-order valence-corrected chi connectivity index (χ2v) is 8.13. The van der Waals surface area contributed by atoms with Gasteiger partial charge in [-0.05, 0) is 39.2 Å². The van der Waals surface area contributed by atoms with E-state index in [0.29, 0.717) is 30.9 Å². The molecule has 1 atom stereocenters. The van der Waals surface area contributed by atoms with Gasteiger partial charge in [-0.1, -0.05) is 5.16 Å². The predicted molar refractivity (Wildman–Crippen MR) is 102 cm³/mol. The van der Waals surface area contributed by atoms with E-state index in [-0.39, 0.29) is 11.8 Å². The Morgan fingerprint density at radius 1 is 1.04 bits per heavy atom. The zero-order chi connectivity index (χ0) is 19.5. The summed E-state index contributed by atoms with van der Waals surface area (Å²) in [5.41, 5.74) is 0.725. The van der Waals surface area contributed by atoms with E-state index in [0.717, 1.165) is 70.6 Å². The fraction of sp³-hybridized carbons (Fsp3) is 0.750. The summed E-state index contributed by atoms with van der Waals surface area (Å²) >= 11 is 0. The normalized spacial score (nSPS) is 25.1. The van der Waals surface area contributed by atoms with Gasteiger partial charge in [0.2, 0.25) is 11.7 Å². The van der Waals surface area contributed by atoms with Gasteiger partial charge >= 0.3 is 0 Å². The van der Waals surface area contributed by atoms with E-state index in [2.05, 4.69) is 10.1 Å². The van der Waals surface area contributed by atoms with Crippen LogP contribution in [0.1, 0.15) is 41.9 Å². The molecule has 154 valence electrons. The lowest BCUT2D eigenvalue weighted by Crippen LogP contribution is -2.53. The molecule has 0 N–H and O–H groups in total. The highest BCUT2D eigenvalue weighted by Crippen LogP contribution is 2.26. The van der Waals surface area contributed by atoms with E-state index in [9.17, 15) is 9.59 Å². The van der Waals surface area contributed by atoms with Crippen molar-refractivity contribution in [1.82, 2.24) is 19.9 Å². The fourth-order valence-electron chi connectivity index (χ4n) is 4.64. The second kappa shape index (κ2) is 8.61. The number of aromatic nitrogens is 1. The topological polar surface area (TPSA) is 79.1 Å². The zero-order valence-electron chi connectivity index (χ0n) is 16.6. The Balaban J connectivity index is 1.29. The SMILES string of the molecule is Cc1cc(C(=O)N2CCC(N3CCCC(C(=O)N4CCOCC4)C3)CC2)on1. The van der Waals surface area contributed by atoms with Crippen molar-refractivity contribution in [1.29, 1.82) is 0 Å². The number of carbonyl (C=O) groups is 2. The van der Waals surface area contributed by atoms with Crippen LogP contribution in [0.4, 0.5) is 0 Å². The maximum atomic E-state index is 12.9. The maximum Gasteiger partial charge on any atom is 0.292 e. The van der Waals surface area contributed by atoms with Crippen LogP contribution in [0.25, 0.3) is 0 Å². The van der Waals surface area contributed by atoms with Crippen molar-refractivity contribution in [3.63, 3.8) is 0 Å². The third-order valence-corrected chi connectivity index (χ3v) is 6.23. The lowest BCUT2D eigenvalue weighted by atomic mass is 9.92. The first-order valence-corrected chi connectivity index (χ1v) is 10.4. The smallest absolute Gasteiger partial charge is 0.292 e. The van der Waals surface area contributed by atoms with Crippen LogP contribution in [0.15, 0.2) is 10.6 Å². The van der Waals surface area contributed by atoms with Crippen molar-refractivity contribution >= 4 is 11.8 Å². The van der Waals surface area contributed by atoms with Crippen molar-refractivity contribution < 1.29 is 18.8 Å². The van der Waals surface area contributed by atoms with Crippen LogP contribution in [0.3, 0.4) is 0 Å². The Morgan fingerprint density at radius 2 is 1.79 bits per heavy atom. The number of ether oxygens (including phenoxy) is 1. The molecule has 3 aliphatic rings. The molecule has 0 radical (unpaired) electrons. The second-order valence-electron chi connectivity index (χ2n) is 8.13. The Morgan fingerprint density at radius 3 is 2.46 bits per heavy atom. The summed E-state index contributed by atoms with van der Waals surface area (Å²) in [4.78, 5) is 31.7. The lowest BCUT2D eigenvalue weighted by molar-refractivity contribution is -0.141. The summed E-state index contributed by atoms with van der Waals surface area (Å²) in [5.74, 6) is 0.646. The zero-order valence-corrected chi connectivity index (χ0v) is 16.6. The first kappa shape index (κ1) is 19.4. The lowest BCUT2D eigenvalue weighted by Gasteiger charge is -2.42. The molecule has 3 saturated heterocycles. The van der Waals surface area contributed by atoms with E-state index in [1.54, 1.807) is 6.07 Å². The Bertz CT molecular complexity index is 692. The van der Waals surface area contributed by atoms with Crippen molar-refractivity contribution in [3.05, 3.63) is 17.5 Å². The van der Waals surface area contributed by atoms with Crippen LogP contribution in [0.2, 0.25) is 0 Å². The van der Waals surface area contributed by atoms with Gasteiger partial charge in [-0.25, -0.2) is 0 Å². The minimum atomic E-state index is -0.0712. The Kier molecular flexibility index (Phi) is 5.96. The molecule has 0 bridgehead atoms. The van der Waals surface area contributed by atoms with Gasteiger partial charge in [0.1, 0.15) is 0 Å². The van der Waals surface area contributed by atoms with Crippen LogP contribution in [0.5, 0.6) is 0 Å². The molecule has 4 heterocycles. The minimum absolute atomic E-state index is 0.0712. The molecule has 3 fully saturated rings. The van der Waals surface area contributed by atoms with Gasteiger partial charge in [0.05, 0.1) is 24.8 Å². The van der Waals surface area contributed by atoms with Crippen molar-refractivity contribution in [3.8, 4) is 0 Å². The number of amides is 2. The highest BCUT2D eigenvalue weighted by atomic mass is 16.5. The minimum Gasteiger partial charge on any atom is -0.378 e. The number of nitrogens with zero attached hydrogens (tertiary/aromatic N) is 4. The summed E-state index contributed by atoms with van der Waals surface area (Å²) in [5, 5.41) is 3.81. The summed E-state index contributed by atoms with van der Waals surface area (Å²) in [6.07, 6.45) is 3.93. The largest absolute Gasteiger partial charge is 0.378 e. The molecule has 28 heavy (non-hydrogen) atoms. The van der Waals surface area contributed by atoms with E-state index in [4.69, 9.17) is 9.26 Å². The summed E-state index contributed by atoms with van der Waals surface area (Å²) in [6, 6.07) is 2.14. The number of piperidine rings is 2. The average molecular weight is 390 g/mol. The number of rotatable bonds is 3. The molecule has 4 rings (SSSR count). The van der Waals surface area contributed by atoms with Gasteiger partial charge in [-0.2, -0.15) is 0 Å². The summed E-state index contributed by atoms with van der Waals surface area (Å²) < 4.78 is 10.5. The molecule has 2 amide bonds. The first-order valence-electron chi connectivity index (χ1n) is 10.4. The molecule has 0 aromatic carbocycles. The monoisotopic (exact) mass is 390 g/mol. The molecule has 1 unspecified atom stereocenters. The standard InChI is InChI=1S/C20H30N4O4/c1-15-13-18(28-21-15)20(26)22-7-4-17(5-8-22)24-6-2-3-16(14-24)19(25)23-9-11-27-12-10-23/h13,16-17H,2-12,14H2,1H3. The van der Waals surface area contributed by atoms with Gasteiger partial charge in [0, 0.05) is 44.8 Å². The van der Waals surface area contributed by atoms with Crippen LogP contribution in [-0.2, 0) is 9.53 Å². The number of morpholine rings is 1. The van der Waals surface area contributed by atoms with E-state index < -0.39 is 0 Å². The quantitative estimate of drug-likeness (QED) is 0.771. The van der Waals surface area contributed by atoms with Crippen molar-refractivity contribution in [2.45, 2.75) is 38.6 Å². The molecule has 0 aliphatic carbocycles. The number of hydrogen-bond acceptors (Lipinski definition) is 6. The molecule has 1 aromatic heterocycles. The van der Waals surface area contributed by atoms with Crippen molar-refractivity contribution in [2.24, 2.45) is 5.92 Å². The molecule has 3 aliphatic heterocycles. The molecule has 8 nitrogen and oxygen atoms in total. The third kappa shape index (κ3) is 4.22. The molecular weight excluding hydrogens is 360 g/mol. The van der Waals surface area contributed by atoms with Crippen LogP contribution in [-0.4, -0.2) is 90.2 Å².